The molecule has 3 aromatic heterocycles. The maximum Gasteiger partial charge on any atom is 0.252 e. The zero-order valence-corrected chi connectivity index (χ0v) is 17.6. The standard InChI is InChI=1S/C22H26N6O2.H2/c1-13-11-27(12-14(2)28(13)15(3)29)20-7-5-6-19(26-20)18-10-25-21-17(18)8-16(9-24-21)22(30)23-4;/h5-10,13-14H,11-12H2,1-4H3,(H,23,30)(H,24,25);1H/t13-,14+;. The Bertz CT molecular complexity index is 1100. The average Bonchev–Trinajstić information content (AvgIpc) is 3.15. The fourth-order valence-electron chi connectivity index (χ4n) is 4.36. The molecule has 8 heteroatoms. The van der Waals surface area contributed by atoms with Gasteiger partial charge in [0.1, 0.15) is 11.5 Å². The van der Waals surface area contributed by atoms with Crippen molar-refractivity contribution >= 4 is 28.7 Å². The van der Waals surface area contributed by atoms with E-state index in [0.29, 0.717) is 11.2 Å². The van der Waals surface area contributed by atoms with Gasteiger partial charge in [-0.05, 0) is 32.0 Å². The van der Waals surface area contributed by atoms with Crippen LogP contribution in [0.4, 0.5) is 5.82 Å². The lowest BCUT2D eigenvalue weighted by Gasteiger charge is -2.44. The van der Waals surface area contributed by atoms with Gasteiger partial charge in [0.05, 0.1) is 11.3 Å². The molecule has 1 saturated heterocycles. The summed E-state index contributed by atoms with van der Waals surface area (Å²) in [5.74, 6) is 0.804. The van der Waals surface area contributed by atoms with Crippen LogP contribution in [0.1, 0.15) is 32.6 Å². The second-order valence-corrected chi connectivity index (χ2v) is 7.81. The lowest BCUT2D eigenvalue weighted by molar-refractivity contribution is -0.133. The van der Waals surface area contributed by atoms with Crippen molar-refractivity contribution in [3.8, 4) is 11.3 Å². The molecule has 8 nitrogen and oxygen atoms in total. The van der Waals surface area contributed by atoms with Crippen molar-refractivity contribution in [3.05, 3.63) is 42.2 Å². The highest BCUT2D eigenvalue weighted by Gasteiger charge is 2.31. The third-order valence-electron chi connectivity index (χ3n) is 5.64. The number of amides is 2. The third kappa shape index (κ3) is 3.49. The molecule has 2 atom stereocenters. The van der Waals surface area contributed by atoms with Crippen molar-refractivity contribution in [2.75, 3.05) is 25.0 Å². The minimum absolute atomic E-state index is 0. The third-order valence-corrected chi connectivity index (χ3v) is 5.64. The van der Waals surface area contributed by atoms with Crippen molar-refractivity contribution in [3.63, 3.8) is 0 Å². The van der Waals surface area contributed by atoms with E-state index in [0.717, 1.165) is 35.6 Å². The van der Waals surface area contributed by atoms with Gasteiger partial charge in [0.25, 0.3) is 5.91 Å². The van der Waals surface area contributed by atoms with Crippen LogP contribution in [0, 0.1) is 0 Å². The predicted molar refractivity (Wildman–Crippen MR) is 118 cm³/mol. The van der Waals surface area contributed by atoms with Gasteiger partial charge in [-0.15, -0.1) is 0 Å². The molecule has 1 aliphatic heterocycles. The van der Waals surface area contributed by atoms with Crippen molar-refractivity contribution in [1.82, 2.24) is 25.2 Å². The van der Waals surface area contributed by atoms with Gasteiger partial charge in [-0.1, -0.05) is 6.07 Å². The lowest BCUT2D eigenvalue weighted by atomic mass is 10.1. The predicted octanol–water partition coefficient (Wildman–Crippen LogP) is 2.68. The quantitative estimate of drug-likeness (QED) is 0.695. The summed E-state index contributed by atoms with van der Waals surface area (Å²) >= 11 is 0. The van der Waals surface area contributed by atoms with Crippen LogP contribution in [0.25, 0.3) is 22.3 Å². The molecule has 1 aliphatic rings. The summed E-state index contributed by atoms with van der Waals surface area (Å²) in [5.41, 5.74) is 2.92. The van der Waals surface area contributed by atoms with E-state index in [1.807, 2.05) is 35.4 Å². The molecule has 0 unspecified atom stereocenters. The Morgan fingerprint density at radius 2 is 1.97 bits per heavy atom. The van der Waals surface area contributed by atoms with Crippen molar-refractivity contribution in [2.24, 2.45) is 0 Å². The van der Waals surface area contributed by atoms with Gasteiger partial charge in [0.15, 0.2) is 0 Å². The number of fused-ring (bicyclic) bond motifs is 1. The highest BCUT2D eigenvalue weighted by molar-refractivity contribution is 6.00. The fraction of sp³-hybridized carbons (Fsp3) is 0.364. The Morgan fingerprint density at radius 3 is 2.63 bits per heavy atom. The highest BCUT2D eigenvalue weighted by atomic mass is 16.2. The number of carbonyl (C=O) groups excluding carboxylic acids is 2. The molecule has 2 amide bonds. The van der Waals surface area contributed by atoms with Gasteiger partial charge in [0, 0.05) is 63.9 Å². The number of aromatic amines is 1. The molecule has 30 heavy (non-hydrogen) atoms. The van der Waals surface area contributed by atoms with Crippen LogP contribution < -0.4 is 10.2 Å². The molecule has 4 heterocycles. The van der Waals surface area contributed by atoms with E-state index in [1.165, 1.54) is 0 Å². The molecular weight excluding hydrogens is 380 g/mol. The summed E-state index contributed by atoms with van der Waals surface area (Å²) in [4.78, 5) is 40.5. The van der Waals surface area contributed by atoms with Crippen LogP contribution in [0.2, 0.25) is 0 Å². The first-order valence-corrected chi connectivity index (χ1v) is 10.1. The molecule has 1 fully saturated rings. The van der Waals surface area contributed by atoms with Gasteiger partial charge in [-0.25, -0.2) is 9.97 Å². The number of anilines is 1. The summed E-state index contributed by atoms with van der Waals surface area (Å²) in [6, 6.07) is 8.00. The molecule has 0 radical (unpaired) electrons. The molecule has 158 valence electrons. The highest BCUT2D eigenvalue weighted by Crippen LogP contribution is 2.29. The van der Waals surface area contributed by atoms with E-state index in [4.69, 9.17) is 4.98 Å². The zero-order valence-electron chi connectivity index (χ0n) is 17.6. The van der Waals surface area contributed by atoms with E-state index in [9.17, 15) is 9.59 Å². The molecule has 0 spiro atoms. The van der Waals surface area contributed by atoms with E-state index < -0.39 is 0 Å². The van der Waals surface area contributed by atoms with Crippen molar-refractivity contribution < 1.29 is 11.0 Å². The molecule has 2 N–H and O–H groups in total. The fourth-order valence-corrected chi connectivity index (χ4v) is 4.36. The smallest absolute Gasteiger partial charge is 0.252 e. The summed E-state index contributed by atoms with van der Waals surface area (Å²) in [6.07, 6.45) is 3.43. The Labute approximate surface area is 176 Å². The molecular formula is C22H28N6O2. The largest absolute Gasteiger partial charge is 0.355 e. The summed E-state index contributed by atoms with van der Waals surface area (Å²) in [7, 11) is 1.60. The minimum Gasteiger partial charge on any atom is -0.355 e. The summed E-state index contributed by atoms with van der Waals surface area (Å²) in [5, 5.41) is 3.48. The van der Waals surface area contributed by atoms with Gasteiger partial charge < -0.3 is 20.1 Å². The molecule has 0 aliphatic carbocycles. The van der Waals surface area contributed by atoms with Crippen molar-refractivity contribution in [2.45, 2.75) is 32.9 Å². The van der Waals surface area contributed by atoms with Crippen LogP contribution in [-0.2, 0) is 4.79 Å². The number of piperazine rings is 1. The number of H-pyrrole nitrogens is 1. The van der Waals surface area contributed by atoms with Gasteiger partial charge in [0.2, 0.25) is 5.91 Å². The summed E-state index contributed by atoms with van der Waals surface area (Å²) < 4.78 is 0. The second-order valence-electron chi connectivity index (χ2n) is 7.81. The Balaban J connectivity index is 0.00000272. The first-order chi connectivity index (χ1) is 14.4. The maximum absolute atomic E-state index is 12.0. The Hall–Kier alpha value is -3.42. The molecule has 0 saturated carbocycles. The van der Waals surface area contributed by atoms with E-state index in [2.05, 4.69) is 34.0 Å². The monoisotopic (exact) mass is 408 g/mol. The molecule has 3 aromatic rings. The van der Waals surface area contributed by atoms with Gasteiger partial charge in [-0.3, -0.25) is 9.59 Å². The average molecular weight is 409 g/mol. The number of nitrogens with one attached hydrogen (secondary N) is 2. The molecule has 0 bridgehead atoms. The number of pyridine rings is 2. The number of carbonyl (C=O) groups is 2. The second kappa shape index (κ2) is 7.78. The maximum atomic E-state index is 12.0. The van der Waals surface area contributed by atoms with Crippen LogP contribution in [0.5, 0.6) is 0 Å². The minimum atomic E-state index is -0.176. The lowest BCUT2D eigenvalue weighted by Crippen LogP contribution is -2.58. The Kier molecular flexibility index (Phi) is 5.15. The van der Waals surface area contributed by atoms with Crippen molar-refractivity contribution in [1.29, 1.82) is 0 Å². The van der Waals surface area contributed by atoms with Crippen LogP contribution in [-0.4, -0.2) is 63.9 Å². The molecule has 4 rings (SSSR count). The SMILES string of the molecule is CNC(=O)c1cnc2[nH]cc(-c3cccc(N4C[C@@H](C)N(C(C)=O)[C@@H](C)C4)n3)c2c1.[HH]. The van der Waals surface area contributed by atoms with E-state index in [1.54, 1.807) is 20.2 Å². The summed E-state index contributed by atoms with van der Waals surface area (Å²) in [6.45, 7) is 7.23. The van der Waals surface area contributed by atoms with E-state index >= 15 is 0 Å². The van der Waals surface area contributed by atoms with Gasteiger partial charge in [-0.2, -0.15) is 0 Å². The Morgan fingerprint density at radius 1 is 1.23 bits per heavy atom. The number of nitrogens with zero attached hydrogens (tertiary/aromatic N) is 4. The normalized spacial score (nSPS) is 19.2. The first-order valence-electron chi connectivity index (χ1n) is 10.1. The van der Waals surface area contributed by atoms with Crippen LogP contribution in [0.3, 0.4) is 0 Å². The number of rotatable bonds is 3. The van der Waals surface area contributed by atoms with Crippen LogP contribution in [0.15, 0.2) is 36.7 Å². The number of hydrogen-bond acceptors (Lipinski definition) is 5. The zero-order chi connectivity index (χ0) is 21.4. The van der Waals surface area contributed by atoms with E-state index in [-0.39, 0.29) is 25.3 Å². The number of aromatic nitrogens is 3. The topological polar surface area (TPSA) is 94.2 Å². The number of hydrogen-bond donors (Lipinski definition) is 2. The molecule has 0 aromatic carbocycles. The van der Waals surface area contributed by atoms with Gasteiger partial charge >= 0.3 is 0 Å². The van der Waals surface area contributed by atoms with Crippen LogP contribution >= 0.6 is 0 Å². The first kappa shape index (κ1) is 19.9.